The van der Waals surface area contributed by atoms with Gasteiger partial charge in [-0.25, -0.2) is 4.79 Å². The summed E-state index contributed by atoms with van der Waals surface area (Å²) in [6.45, 7) is 12.6. The van der Waals surface area contributed by atoms with Gasteiger partial charge in [-0.05, 0) is 39.7 Å². The van der Waals surface area contributed by atoms with E-state index in [1.54, 1.807) is 0 Å². The number of hydrogen-bond acceptors (Lipinski definition) is 3. The first kappa shape index (κ1) is 19.2. The van der Waals surface area contributed by atoms with Gasteiger partial charge in [-0.15, -0.1) is 0 Å². The van der Waals surface area contributed by atoms with E-state index in [1.807, 2.05) is 20.8 Å². The lowest BCUT2D eigenvalue weighted by molar-refractivity contribution is 0.0528. The van der Waals surface area contributed by atoms with Crippen molar-refractivity contribution in [3.63, 3.8) is 0 Å². The zero-order valence-corrected chi connectivity index (χ0v) is 14.1. The highest BCUT2D eigenvalue weighted by Crippen LogP contribution is 2.09. The van der Waals surface area contributed by atoms with Crippen molar-refractivity contribution in [2.45, 2.75) is 72.3 Å². The van der Waals surface area contributed by atoms with Crippen LogP contribution in [0.2, 0.25) is 0 Å². The van der Waals surface area contributed by atoms with Gasteiger partial charge in [0.2, 0.25) is 0 Å². The largest absolute Gasteiger partial charge is 0.444 e. The number of rotatable bonds is 10. The van der Waals surface area contributed by atoms with Crippen LogP contribution in [0, 0.1) is 5.92 Å². The minimum absolute atomic E-state index is 0.340. The van der Waals surface area contributed by atoms with E-state index in [1.165, 1.54) is 32.1 Å². The van der Waals surface area contributed by atoms with Gasteiger partial charge >= 0.3 is 6.09 Å². The predicted molar refractivity (Wildman–Crippen MR) is 85.0 cm³/mol. The van der Waals surface area contributed by atoms with Crippen molar-refractivity contribution < 1.29 is 9.53 Å². The first-order valence-electron chi connectivity index (χ1n) is 7.99. The lowest BCUT2D eigenvalue weighted by Crippen LogP contribution is -2.36. The number of unbranched alkanes of at least 4 members (excludes halogenated alkanes) is 3. The second-order valence-electron chi connectivity index (χ2n) is 6.78. The second-order valence-corrected chi connectivity index (χ2v) is 6.78. The van der Waals surface area contributed by atoms with Crippen molar-refractivity contribution in [1.82, 2.24) is 10.6 Å². The number of carbonyl (C=O) groups excluding carboxylic acids is 1. The number of amides is 1. The molecule has 0 fully saturated rings. The summed E-state index contributed by atoms with van der Waals surface area (Å²) in [5.41, 5.74) is -0.423. The van der Waals surface area contributed by atoms with Crippen molar-refractivity contribution in [1.29, 1.82) is 0 Å². The molecule has 0 saturated heterocycles. The van der Waals surface area contributed by atoms with Crippen LogP contribution in [0.15, 0.2) is 0 Å². The third kappa shape index (κ3) is 15.3. The SMILES string of the molecule is CC(C)CCCCCCNCCNC(=O)OC(C)(C)C. The standard InChI is InChI=1S/C16H34N2O2/c1-14(2)10-8-6-7-9-11-17-12-13-18-15(19)20-16(3,4)5/h14,17H,6-13H2,1-5H3,(H,18,19). The van der Waals surface area contributed by atoms with E-state index in [0.29, 0.717) is 6.54 Å². The number of nitrogens with one attached hydrogen (secondary N) is 2. The quantitative estimate of drug-likeness (QED) is 0.602. The fraction of sp³-hybridized carbons (Fsp3) is 0.938. The van der Waals surface area contributed by atoms with E-state index in [2.05, 4.69) is 24.5 Å². The summed E-state index contributed by atoms with van der Waals surface area (Å²) in [6, 6.07) is 0. The molecule has 0 spiro atoms. The monoisotopic (exact) mass is 286 g/mol. The maximum Gasteiger partial charge on any atom is 0.407 e. The summed E-state index contributed by atoms with van der Waals surface area (Å²) in [6.07, 6.45) is 6.18. The zero-order valence-electron chi connectivity index (χ0n) is 14.1. The first-order chi connectivity index (χ1) is 9.31. The lowest BCUT2D eigenvalue weighted by atomic mass is 10.0. The maximum absolute atomic E-state index is 11.4. The Morgan fingerprint density at radius 1 is 1.00 bits per heavy atom. The Bertz CT molecular complexity index is 247. The third-order valence-electron chi connectivity index (χ3n) is 2.86. The number of hydrogen-bond donors (Lipinski definition) is 2. The van der Waals surface area contributed by atoms with E-state index < -0.39 is 5.60 Å². The van der Waals surface area contributed by atoms with Crippen LogP contribution in [0.25, 0.3) is 0 Å². The van der Waals surface area contributed by atoms with Crippen molar-refractivity contribution in [2.75, 3.05) is 19.6 Å². The lowest BCUT2D eigenvalue weighted by Gasteiger charge is -2.19. The topological polar surface area (TPSA) is 50.4 Å². The summed E-state index contributed by atoms with van der Waals surface area (Å²) in [5, 5.41) is 6.07. The van der Waals surface area contributed by atoms with Crippen LogP contribution in [0.4, 0.5) is 4.79 Å². The van der Waals surface area contributed by atoms with Crippen LogP contribution in [0.3, 0.4) is 0 Å². The first-order valence-corrected chi connectivity index (χ1v) is 7.99. The second kappa shape index (κ2) is 11.0. The fourth-order valence-corrected chi connectivity index (χ4v) is 1.85. The molecule has 0 aliphatic heterocycles. The van der Waals surface area contributed by atoms with Crippen LogP contribution in [0.5, 0.6) is 0 Å². The van der Waals surface area contributed by atoms with Crippen LogP contribution in [-0.2, 0) is 4.74 Å². The normalized spacial score (nSPS) is 11.7. The van der Waals surface area contributed by atoms with Gasteiger partial charge in [0, 0.05) is 13.1 Å². The molecule has 0 aliphatic rings. The van der Waals surface area contributed by atoms with Gasteiger partial charge in [0.05, 0.1) is 0 Å². The molecule has 0 aromatic heterocycles. The molecule has 0 atom stereocenters. The Morgan fingerprint density at radius 2 is 1.65 bits per heavy atom. The maximum atomic E-state index is 11.4. The molecule has 0 aromatic rings. The highest BCUT2D eigenvalue weighted by atomic mass is 16.6. The van der Waals surface area contributed by atoms with Gasteiger partial charge in [0.15, 0.2) is 0 Å². The molecular weight excluding hydrogens is 252 g/mol. The number of carbonyl (C=O) groups is 1. The molecule has 120 valence electrons. The van der Waals surface area contributed by atoms with Gasteiger partial charge in [-0.1, -0.05) is 39.5 Å². The van der Waals surface area contributed by atoms with Crippen molar-refractivity contribution >= 4 is 6.09 Å². The molecule has 0 rings (SSSR count). The number of ether oxygens (including phenoxy) is 1. The van der Waals surface area contributed by atoms with Crippen LogP contribution in [0.1, 0.15) is 66.7 Å². The van der Waals surface area contributed by atoms with Crippen LogP contribution < -0.4 is 10.6 Å². The molecule has 0 aliphatic carbocycles. The number of alkyl carbamates (subject to hydrolysis) is 1. The molecule has 0 unspecified atom stereocenters. The molecule has 20 heavy (non-hydrogen) atoms. The minimum Gasteiger partial charge on any atom is -0.444 e. The van der Waals surface area contributed by atoms with Crippen LogP contribution >= 0.6 is 0 Å². The molecule has 0 bridgehead atoms. The Kier molecular flexibility index (Phi) is 10.5. The molecule has 0 saturated carbocycles. The van der Waals surface area contributed by atoms with E-state index in [-0.39, 0.29) is 6.09 Å². The Hall–Kier alpha value is -0.770. The van der Waals surface area contributed by atoms with Gasteiger partial charge in [-0.3, -0.25) is 0 Å². The Balaban J connectivity index is 3.23. The molecule has 1 amide bonds. The molecule has 0 radical (unpaired) electrons. The van der Waals surface area contributed by atoms with Crippen molar-refractivity contribution in [3.05, 3.63) is 0 Å². The van der Waals surface area contributed by atoms with Crippen LogP contribution in [-0.4, -0.2) is 31.3 Å². The van der Waals surface area contributed by atoms with E-state index in [4.69, 9.17) is 4.74 Å². The van der Waals surface area contributed by atoms with E-state index in [0.717, 1.165) is 19.0 Å². The fourth-order valence-electron chi connectivity index (χ4n) is 1.85. The average molecular weight is 286 g/mol. The average Bonchev–Trinajstić information content (AvgIpc) is 2.28. The van der Waals surface area contributed by atoms with Gasteiger partial charge in [0.25, 0.3) is 0 Å². The minimum atomic E-state index is -0.423. The Labute approximate surface area is 125 Å². The van der Waals surface area contributed by atoms with Gasteiger partial charge in [-0.2, -0.15) is 0 Å². The van der Waals surface area contributed by atoms with E-state index >= 15 is 0 Å². The highest BCUT2D eigenvalue weighted by molar-refractivity contribution is 5.67. The summed E-state index contributed by atoms with van der Waals surface area (Å²) in [4.78, 5) is 11.4. The van der Waals surface area contributed by atoms with Gasteiger partial charge < -0.3 is 15.4 Å². The molecule has 4 nitrogen and oxygen atoms in total. The van der Waals surface area contributed by atoms with E-state index in [9.17, 15) is 4.79 Å². The molecule has 0 heterocycles. The van der Waals surface area contributed by atoms with Crippen molar-refractivity contribution in [2.24, 2.45) is 5.92 Å². The zero-order chi connectivity index (χ0) is 15.4. The third-order valence-corrected chi connectivity index (χ3v) is 2.86. The molecule has 0 aromatic carbocycles. The predicted octanol–water partition coefficient (Wildman–Crippen LogP) is 3.71. The summed E-state index contributed by atoms with van der Waals surface area (Å²) in [7, 11) is 0. The highest BCUT2D eigenvalue weighted by Gasteiger charge is 2.15. The molecule has 4 heteroatoms. The Morgan fingerprint density at radius 3 is 2.25 bits per heavy atom. The molecular formula is C16H34N2O2. The van der Waals surface area contributed by atoms with Crippen molar-refractivity contribution in [3.8, 4) is 0 Å². The summed E-state index contributed by atoms with van der Waals surface area (Å²) < 4.78 is 5.15. The summed E-state index contributed by atoms with van der Waals surface area (Å²) in [5.74, 6) is 0.826. The summed E-state index contributed by atoms with van der Waals surface area (Å²) >= 11 is 0. The smallest absolute Gasteiger partial charge is 0.407 e. The van der Waals surface area contributed by atoms with Gasteiger partial charge in [0.1, 0.15) is 5.60 Å². The molecule has 2 N–H and O–H groups in total.